The van der Waals surface area contributed by atoms with Gasteiger partial charge >= 0.3 is 0 Å². The summed E-state index contributed by atoms with van der Waals surface area (Å²) < 4.78 is 11.9. The quantitative estimate of drug-likeness (QED) is 0.907. The Bertz CT molecular complexity index is 581. The third kappa shape index (κ3) is 2.90. The molecule has 6 heteroatoms. The second-order valence-electron chi connectivity index (χ2n) is 4.22. The van der Waals surface area contributed by atoms with Crippen LogP contribution in [-0.4, -0.2) is 29.9 Å². The zero-order chi connectivity index (χ0) is 14.5. The van der Waals surface area contributed by atoms with Gasteiger partial charge in [0.1, 0.15) is 17.5 Å². The third-order valence-corrected chi connectivity index (χ3v) is 2.97. The van der Waals surface area contributed by atoms with Gasteiger partial charge in [-0.15, -0.1) is 0 Å². The molecule has 0 aliphatic heterocycles. The minimum atomic E-state index is -0.406. The molecule has 2 rings (SSSR count). The molecule has 0 radical (unpaired) electrons. The van der Waals surface area contributed by atoms with Gasteiger partial charge in [0, 0.05) is 18.5 Å². The van der Waals surface area contributed by atoms with Crippen LogP contribution in [0.25, 0.3) is 0 Å². The van der Waals surface area contributed by atoms with Crippen LogP contribution in [0.15, 0.2) is 36.7 Å². The number of aromatic nitrogens is 2. The Kier molecular flexibility index (Phi) is 4.24. The maximum absolute atomic E-state index is 12.2. The number of nitrogens with zero attached hydrogens (tertiary/aromatic N) is 2. The molecule has 0 bridgehead atoms. The van der Waals surface area contributed by atoms with Crippen LogP contribution in [-0.2, 0) is 4.79 Å². The molecule has 1 atom stereocenters. The number of carbonyl (C=O) groups is 1. The second-order valence-corrected chi connectivity index (χ2v) is 4.22. The highest BCUT2D eigenvalue weighted by Crippen LogP contribution is 2.29. The molecule has 0 aliphatic rings. The van der Waals surface area contributed by atoms with Gasteiger partial charge in [0.25, 0.3) is 0 Å². The average molecular weight is 275 g/mol. The maximum Gasteiger partial charge on any atom is 0.249 e. The van der Waals surface area contributed by atoms with E-state index in [4.69, 9.17) is 9.47 Å². The van der Waals surface area contributed by atoms with Crippen molar-refractivity contribution in [3.8, 4) is 11.5 Å². The number of carbonyl (C=O) groups excluding carboxylic acids is 1. The van der Waals surface area contributed by atoms with E-state index in [-0.39, 0.29) is 5.91 Å². The van der Waals surface area contributed by atoms with Crippen LogP contribution in [0.5, 0.6) is 11.5 Å². The number of hydrogen-bond acceptors (Lipinski definition) is 4. The number of anilines is 1. The maximum atomic E-state index is 12.2. The minimum Gasteiger partial charge on any atom is -0.497 e. The predicted molar refractivity (Wildman–Crippen MR) is 75.1 cm³/mol. The van der Waals surface area contributed by atoms with Crippen LogP contribution in [0.3, 0.4) is 0 Å². The fourth-order valence-corrected chi connectivity index (χ4v) is 1.77. The Morgan fingerprint density at radius 3 is 2.75 bits per heavy atom. The molecule has 0 saturated heterocycles. The molecule has 1 heterocycles. The number of rotatable bonds is 5. The van der Waals surface area contributed by atoms with Gasteiger partial charge in [0.05, 0.1) is 19.9 Å². The van der Waals surface area contributed by atoms with Crippen molar-refractivity contribution < 1.29 is 14.3 Å². The van der Waals surface area contributed by atoms with E-state index in [1.165, 1.54) is 0 Å². The van der Waals surface area contributed by atoms with Gasteiger partial charge in [-0.3, -0.25) is 9.48 Å². The second kappa shape index (κ2) is 6.10. The van der Waals surface area contributed by atoms with Crippen LogP contribution >= 0.6 is 0 Å². The molecular weight excluding hydrogens is 258 g/mol. The lowest BCUT2D eigenvalue weighted by Crippen LogP contribution is -2.24. The number of methoxy groups -OCH3 is 2. The summed E-state index contributed by atoms with van der Waals surface area (Å²) in [4.78, 5) is 12.2. The van der Waals surface area contributed by atoms with E-state index < -0.39 is 6.04 Å². The molecule has 1 N–H and O–H groups in total. The van der Waals surface area contributed by atoms with Crippen molar-refractivity contribution in [2.24, 2.45) is 0 Å². The zero-order valence-corrected chi connectivity index (χ0v) is 11.7. The van der Waals surface area contributed by atoms with Gasteiger partial charge in [-0.2, -0.15) is 5.10 Å². The summed E-state index contributed by atoms with van der Waals surface area (Å²) >= 11 is 0. The van der Waals surface area contributed by atoms with Crippen molar-refractivity contribution in [3.63, 3.8) is 0 Å². The summed E-state index contributed by atoms with van der Waals surface area (Å²) in [6.07, 6.45) is 3.38. The Labute approximate surface area is 117 Å². The first-order valence-electron chi connectivity index (χ1n) is 6.17. The standard InChI is InChI=1S/C14H17N3O3/c1-10(17-8-4-7-15-17)14(18)16-12-6-5-11(19-2)9-13(12)20-3/h4-10H,1-3H3,(H,16,18)/t10-/m1/s1. The van der Waals surface area contributed by atoms with E-state index in [0.29, 0.717) is 17.2 Å². The summed E-state index contributed by atoms with van der Waals surface area (Å²) in [6, 6.07) is 6.59. The largest absolute Gasteiger partial charge is 0.497 e. The third-order valence-electron chi connectivity index (χ3n) is 2.97. The van der Waals surface area contributed by atoms with E-state index in [2.05, 4.69) is 10.4 Å². The van der Waals surface area contributed by atoms with Gasteiger partial charge < -0.3 is 14.8 Å². The predicted octanol–water partition coefficient (Wildman–Crippen LogP) is 2.10. The van der Waals surface area contributed by atoms with Crippen LogP contribution in [0, 0.1) is 0 Å². The first-order chi connectivity index (χ1) is 9.65. The molecule has 0 spiro atoms. The van der Waals surface area contributed by atoms with E-state index in [9.17, 15) is 4.79 Å². The fraction of sp³-hybridized carbons (Fsp3) is 0.286. The van der Waals surface area contributed by atoms with Crippen LogP contribution in [0.4, 0.5) is 5.69 Å². The van der Waals surface area contributed by atoms with E-state index in [0.717, 1.165) is 0 Å². The van der Waals surface area contributed by atoms with Crippen LogP contribution in [0.1, 0.15) is 13.0 Å². The minimum absolute atomic E-state index is 0.169. The topological polar surface area (TPSA) is 65.4 Å². The van der Waals surface area contributed by atoms with Crippen molar-refractivity contribution in [3.05, 3.63) is 36.7 Å². The molecule has 0 saturated carbocycles. The molecule has 1 aromatic heterocycles. The van der Waals surface area contributed by atoms with Crippen molar-refractivity contribution in [1.29, 1.82) is 0 Å². The van der Waals surface area contributed by atoms with Crippen LogP contribution < -0.4 is 14.8 Å². The smallest absolute Gasteiger partial charge is 0.249 e. The highest BCUT2D eigenvalue weighted by Gasteiger charge is 2.17. The molecule has 106 valence electrons. The summed E-state index contributed by atoms with van der Waals surface area (Å²) in [5, 5.41) is 6.87. The Balaban J connectivity index is 2.15. The highest BCUT2D eigenvalue weighted by molar-refractivity contribution is 5.94. The van der Waals surface area contributed by atoms with Crippen LogP contribution in [0.2, 0.25) is 0 Å². The first kappa shape index (κ1) is 13.9. The summed E-state index contributed by atoms with van der Waals surface area (Å²) in [5.41, 5.74) is 0.595. The van der Waals surface area contributed by atoms with E-state index in [1.807, 2.05) is 0 Å². The number of hydrogen-bond donors (Lipinski definition) is 1. The van der Waals surface area contributed by atoms with Crippen molar-refractivity contribution in [2.45, 2.75) is 13.0 Å². The zero-order valence-electron chi connectivity index (χ0n) is 11.7. The summed E-state index contributed by atoms with van der Waals surface area (Å²) in [7, 11) is 3.12. The number of nitrogens with one attached hydrogen (secondary N) is 1. The molecule has 20 heavy (non-hydrogen) atoms. The number of amides is 1. The van der Waals surface area contributed by atoms with E-state index >= 15 is 0 Å². The monoisotopic (exact) mass is 275 g/mol. The lowest BCUT2D eigenvalue weighted by Gasteiger charge is -2.15. The fourth-order valence-electron chi connectivity index (χ4n) is 1.77. The Hall–Kier alpha value is -2.50. The van der Waals surface area contributed by atoms with Gasteiger partial charge in [0.2, 0.25) is 5.91 Å². The molecule has 1 amide bonds. The van der Waals surface area contributed by atoms with Crippen molar-refractivity contribution >= 4 is 11.6 Å². The molecule has 0 unspecified atom stereocenters. The first-order valence-corrected chi connectivity index (χ1v) is 6.17. The summed E-state index contributed by atoms with van der Waals surface area (Å²) in [5.74, 6) is 1.04. The average Bonchev–Trinajstić information content (AvgIpc) is 3.00. The van der Waals surface area contributed by atoms with Gasteiger partial charge in [-0.1, -0.05) is 0 Å². The van der Waals surface area contributed by atoms with Gasteiger partial charge in [0.15, 0.2) is 0 Å². The van der Waals surface area contributed by atoms with Gasteiger partial charge in [-0.05, 0) is 25.1 Å². The Morgan fingerprint density at radius 1 is 1.35 bits per heavy atom. The molecule has 6 nitrogen and oxygen atoms in total. The molecular formula is C14H17N3O3. The molecule has 0 fully saturated rings. The lowest BCUT2D eigenvalue weighted by molar-refractivity contribution is -0.119. The molecule has 1 aromatic carbocycles. The molecule has 2 aromatic rings. The van der Waals surface area contributed by atoms with Crippen molar-refractivity contribution in [2.75, 3.05) is 19.5 Å². The SMILES string of the molecule is COc1ccc(NC(=O)[C@@H](C)n2cccn2)c(OC)c1. The van der Waals surface area contributed by atoms with E-state index in [1.54, 1.807) is 62.5 Å². The van der Waals surface area contributed by atoms with Gasteiger partial charge in [-0.25, -0.2) is 0 Å². The Morgan fingerprint density at radius 2 is 2.15 bits per heavy atom. The molecule has 0 aliphatic carbocycles. The van der Waals surface area contributed by atoms with Crippen molar-refractivity contribution in [1.82, 2.24) is 9.78 Å². The highest BCUT2D eigenvalue weighted by atomic mass is 16.5. The summed E-state index contributed by atoms with van der Waals surface area (Å²) in [6.45, 7) is 1.78. The normalized spacial score (nSPS) is 11.8. The number of ether oxygens (including phenoxy) is 2. The number of benzene rings is 1. The lowest BCUT2D eigenvalue weighted by atomic mass is 10.2.